The third kappa shape index (κ3) is 5.23. The lowest BCUT2D eigenvalue weighted by atomic mass is 9.96. The minimum Gasteiger partial charge on any atom is -0.489 e. The van der Waals surface area contributed by atoms with Crippen molar-refractivity contribution in [2.45, 2.75) is 36.9 Å². The molecular formula is C28H28N2O5S. The number of benzene rings is 3. The van der Waals surface area contributed by atoms with Crippen LogP contribution in [0.1, 0.15) is 35.4 Å². The summed E-state index contributed by atoms with van der Waals surface area (Å²) in [4.78, 5) is 15.3. The van der Waals surface area contributed by atoms with Crippen molar-refractivity contribution in [1.82, 2.24) is 4.72 Å². The van der Waals surface area contributed by atoms with Crippen LogP contribution in [0.15, 0.2) is 82.1 Å². The van der Waals surface area contributed by atoms with Gasteiger partial charge in [0.25, 0.3) is 5.91 Å². The van der Waals surface area contributed by atoms with E-state index in [1.54, 1.807) is 24.3 Å². The first-order valence-corrected chi connectivity index (χ1v) is 13.0. The van der Waals surface area contributed by atoms with Gasteiger partial charge in [0.15, 0.2) is 16.7 Å². The SMILES string of the molecule is CN(C)c1ccc2cc(C(=O)NS(=O)c3c(OCc4ccccc4)cccc3OC3CCC3)oc2c1. The molecule has 0 spiro atoms. The van der Waals surface area contributed by atoms with Crippen molar-refractivity contribution in [2.24, 2.45) is 0 Å². The van der Waals surface area contributed by atoms with E-state index in [0.717, 1.165) is 35.9 Å². The Morgan fingerprint density at radius 2 is 1.81 bits per heavy atom. The summed E-state index contributed by atoms with van der Waals surface area (Å²) in [5.41, 5.74) is 2.51. The highest BCUT2D eigenvalue weighted by Crippen LogP contribution is 2.35. The third-order valence-corrected chi connectivity index (χ3v) is 7.28. The predicted octanol–water partition coefficient (Wildman–Crippen LogP) is 5.46. The minimum atomic E-state index is -1.94. The number of furan rings is 1. The predicted molar refractivity (Wildman–Crippen MR) is 140 cm³/mol. The lowest BCUT2D eigenvalue weighted by Gasteiger charge is -2.27. The van der Waals surface area contributed by atoms with E-state index in [9.17, 15) is 9.00 Å². The summed E-state index contributed by atoms with van der Waals surface area (Å²) in [5.74, 6) is 0.348. The molecule has 186 valence electrons. The molecule has 1 aliphatic rings. The van der Waals surface area contributed by atoms with Gasteiger partial charge in [-0.25, -0.2) is 4.21 Å². The first-order chi connectivity index (χ1) is 17.5. The minimum absolute atomic E-state index is 0.0714. The summed E-state index contributed by atoms with van der Waals surface area (Å²) < 4.78 is 34.0. The fourth-order valence-corrected chi connectivity index (χ4v) is 4.86. The number of nitrogens with zero attached hydrogens (tertiary/aromatic N) is 1. The van der Waals surface area contributed by atoms with Gasteiger partial charge in [-0.05, 0) is 55.2 Å². The molecule has 1 aromatic heterocycles. The van der Waals surface area contributed by atoms with Crippen LogP contribution in [-0.4, -0.2) is 30.3 Å². The van der Waals surface area contributed by atoms with Crippen molar-refractivity contribution in [2.75, 3.05) is 19.0 Å². The number of fused-ring (bicyclic) bond motifs is 1. The maximum atomic E-state index is 13.5. The van der Waals surface area contributed by atoms with Gasteiger partial charge in [0.05, 0.1) is 6.10 Å². The highest BCUT2D eigenvalue weighted by atomic mass is 32.2. The van der Waals surface area contributed by atoms with E-state index >= 15 is 0 Å². The largest absolute Gasteiger partial charge is 0.489 e. The van der Waals surface area contributed by atoms with Crippen molar-refractivity contribution in [3.63, 3.8) is 0 Å². The van der Waals surface area contributed by atoms with E-state index in [-0.39, 0.29) is 11.9 Å². The van der Waals surface area contributed by atoms with E-state index in [4.69, 9.17) is 13.9 Å². The van der Waals surface area contributed by atoms with E-state index in [1.165, 1.54) is 0 Å². The number of ether oxygens (including phenoxy) is 2. The lowest BCUT2D eigenvalue weighted by Crippen LogP contribution is -2.28. The number of anilines is 1. The molecule has 1 unspecified atom stereocenters. The van der Waals surface area contributed by atoms with Crippen LogP contribution in [0.25, 0.3) is 11.0 Å². The van der Waals surface area contributed by atoms with Crippen LogP contribution in [0.4, 0.5) is 5.69 Å². The van der Waals surface area contributed by atoms with Gasteiger partial charge in [0.1, 0.15) is 28.6 Å². The molecule has 0 radical (unpaired) electrons. The van der Waals surface area contributed by atoms with Crippen LogP contribution < -0.4 is 19.1 Å². The van der Waals surface area contributed by atoms with Gasteiger partial charge in [-0.1, -0.05) is 36.4 Å². The molecule has 1 heterocycles. The van der Waals surface area contributed by atoms with Gasteiger partial charge in [-0.3, -0.25) is 9.52 Å². The molecule has 1 N–H and O–H groups in total. The molecule has 8 heteroatoms. The molecule has 1 fully saturated rings. The molecule has 0 saturated heterocycles. The second-order valence-electron chi connectivity index (χ2n) is 8.96. The standard InChI is InChI=1S/C28H28N2O5S/c1-30(2)21-15-14-20-16-26(35-25(20)17-21)28(31)29-36(32)27-23(33-18-19-8-4-3-5-9-19)12-7-13-24(27)34-22-10-6-11-22/h3-5,7-9,12-17,22H,6,10-11,18H2,1-2H3,(H,29,31). The maximum absolute atomic E-state index is 13.5. The number of hydrogen-bond acceptors (Lipinski definition) is 6. The molecule has 5 rings (SSSR count). The molecule has 1 saturated carbocycles. The van der Waals surface area contributed by atoms with Crippen LogP contribution in [0.3, 0.4) is 0 Å². The second kappa shape index (κ2) is 10.5. The maximum Gasteiger partial charge on any atom is 0.298 e. The Morgan fingerprint density at radius 1 is 1.03 bits per heavy atom. The molecule has 1 aliphatic carbocycles. The van der Waals surface area contributed by atoms with Crippen molar-refractivity contribution in [3.05, 3.63) is 84.1 Å². The fourth-order valence-electron chi connectivity index (χ4n) is 3.88. The smallest absolute Gasteiger partial charge is 0.298 e. The van der Waals surface area contributed by atoms with Crippen LogP contribution in [-0.2, 0) is 17.6 Å². The first kappa shape index (κ1) is 23.9. The van der Waals surface area contributed by atoms with Crippen molar-refractivity contribution in [3.8, 4) is 11.5 Å². The molecule has 1 atom stereocenters. The highest BCUT2D eigenvalue weighted by molar-refractivity contribution is 7.84. The van der Waals surface area contributed by atoms with Gasteiger partial charge < -0.3 is 18.8 Å². The van der Waals surface area contributed by atoms with Gasteiger partial charge >= 0.3 is 0 Å². The summed E-state index contributed by atoms with van der Waals surface area (Å²) >= 11 is 0. The Balaban J connectivity index is 1.39. The van der Waals surface area contributed by atoms with Gasteiger partial charge in [-0.2, -0.15) is 0 Å². The Labute approximate surface area is 212 Å². The van der Waals surface area contributed by atoms with E-state index in [0.29, 0.717) is 28.6 Å². The quantitative estimate of drug-likeness (QED) is 0.326. The molecular weight excluding hydrogens is 476 g/mol. The van der Waals surface area contributed by atoms with Crippen molar-refractivity contribution < 1.29 is 22.9 Å². The second-order valence-corrected chi connectivity index (χ2v) is 10.1. The number of hydrogen-bond donors (Lipinski definition) is 1. The molecule has 7 nitrogen and oxygen atoms in total. The summed E-state index contributed by atoms with van der Waals surface area (Å²) in [6.45, 7) is 0.295. The topological polar surface area (TPSA) is 81.0 Å². The summed E-state index contributed by atoms with van der Waals surface area (Å²) in [6, 6.07) is 22.4. The zero-order valence-corrected chi connectivity index (χ0v) is 21.0. The molecule has 36 heavy (non-hydrogen) atoms. The van der Waals surface area contributed by atoms with Gasteiger partial charge in [-0.15, -0.1) is 0 Å². The molecule has 0 aliphatic heterocycles. The van der Waals surface area contributed by atoms with Gasteiger partial charge in [0, 0.05) is 31.2 Å². The molecule has 3 aromatic carbocycles. The van der Waals surface area contributed by atoms with Crippen LogP contribution in [0.5, 0.6) is 11.5 Å². The zero-order chi connectivity index (χ0) is 25.1. The van der Waals surface area contributed by atoms with E-state index in [2.05, 4.69) is 4.72 Å². The van der Waals surface area contributed by atoms with Gasteiger partial charge in [0.2, 0.25) is 0 Å². The Kier molecular flexibility index (Phi) is 6.95. The van der Waals surface area contributed by atoms with Crippen LogP contribution >= 0.6 is 0 Å². The average molecular weight is 505 g/mol. The highest BCUT2D eigenvalue weighted by Gasteiger charge is 2.26. The summed E-state index contributed by atoms with van der Waals surface area (Å²) in [6.07, 6.45) is 3.07. The van der Waals surface area contributed by atoms with Crippen molar-refractivity contribution >= 4 is 33.5 Å². The molecule has 1 amide bonds. The monoisotopic (exact) mass is 504 g/mol. The van der Waals surface area contributed by atoms with Crippen LogP contribution in [0, 0.1) is 0 Å². The Bertz CT molecular complexity index is 1400. The average Bonchev–Trinajstić information content (AvgIpc) is 3.29. The normalized spacial score (nSPS) is 14.2. The summed E-state index contributed by atoms with van der Waals surface area (Å²) in [7, 11) is 1.92. The number of rotatable bonds is 9. The molecule has 4 aromatic rings. The molecule has 0 bridgehead atoms. The Hall–Kier alpha value is -3.78. The van der Waals surface area contributed by atoms with Crippen molar-refractivity contribution in [1.29, 1.82) is 0 Å². The number of carbonyl (C=O) groups is 1. The lowest BCUT2D eigenvalue weighted by molar-refractivity contribution is 0.0958. The number of nitrogens with one attached hydrogen (secondary N) is 1. The van der Waals surface area contributed by atoms with E-state index < -0.39 is 16.9 Å². The van der Waals surface area contributed by atoms with Crippen LogP contribution in [0.2, 0.25) is 0 Å². The Morgan fingerprint density at radius 3 is 2.53 bits per heavy atom. The fraction of sp³-hybridized carbons (Fsp3) is 0.250. The summed E-state index contributed by atoms with van der Waals surface area (Å²) in [5, 5.41) is 0.789. The number of carbonyl (C=O) groups excluding carboxylic acids is 1. The number of amides is 1. The first-order valence-electron chi connectivity index (χ1n) is 11.9. The third-order valence-electron chi connectivity index (χ3n) is 6.14. The van der Waals surface area contributed by atoms with E-state index in [1.807, 2.05) is 67.5 Å². The zero-order valence-electron chi connectivity index (χ0n) is 20.2.